The molecule has 0 bridgehead atoms. The number of anilines is 1. The van der Waals surface area contributed by atoms with Crippen molar-refractivity contribution < 1.29 is 9.53 Å². The SMILES string of the molecule is CC(C)c1ccccc1OCCNC(=O)N1CCN(c2ccccn2)CC1. The van der Waals surface area contributed by atoms with Gasteiger partial charge in [-0.3, -0.25) is 0 Å². The molecular formula is C21H28N4O2. The Hall–Kier alpha value is -2.76. The van der Waals surface area contributed by atoms with E-state index in [0.29, 0.717) is 32.2 Å². The minimum atomic E-state index is -0.0311. The number of carbonyl (C=O) groups is 1. The van der Waals surface area contributed by atoms with Gasteiger partial charge in [0.25, 0.3) is 0 Å². The van der Waals surface area contributed by atoms with E-state index in [2.05, 4.69) is 35.1 Å². The van der Waals surface area contributed by atoms with Crippen molar-refractivity contribution in [3.8, 4) is 5.75 Å². The summed E-state index contributed by atoms with van der Waals surface area (Å²) in [4.78, 5) is 20.8. The maximum atomic E-state index is 12.4. The summed E-state index contributed by atoms with van der Waals surface area (Å²) in [6.07, 6.45) is 1.80. The number of urea groups is 1. The van der Waals surface area contributed by atoms with E-state index in [1.165, 1.54) is 5.56 Å². The summed E-state index contributed by atoms with van der Waals surface area (Å²) in [5.41, 5.74) is 1.19. The summed E-state index contributed by atoms with van der Waals surface area (Å²) in [7, 11) is 0. The van der Waals surface area contributed by atoms with Crippen molar-refractivity contribution in [3.63, 3.8) is 0 Å². The molecule has 1 aromatic carbocycles. The first-order valence-electron chi connectivity index (χ1n) is 9.55. The van der Waals surface area contributed by atoms with E-state index in [-0.39, 0.29) is 6.03 Å². The molecule has 0 unspecified atom stereocenters. The third kappa shape index (κ3) is 5.12. The first-order valence-corrected chi connectivity index (χ1v) is 9.55. The molecule has 1 aliphatic rings. The first-order chi connectivity index (χ1) is 13.1. The van der Waals surface area contributed by atoms with E-state index in [4.69, 9.17) is 4.74 Å². The van der Waals surface area contributed by atoms with Gasteiger partial charge in [0.05, 0.1) is 6.54 Å². The van der Waals surface area contributed by atoms with Gasteiger partial charge in [0, 0.05) is 32.4 Å². The fourth-order valence-corrected chi connectivity index (χ4v) is 3.20. The average molecular weight is 368 g/mol. The lowest BCUT2D eigenvalue weighted by Crippen LogP contribution is -2.52. The third-order valence-corrected chi connectivity index (χ3v) is 4.72. The molecule has 6 nitrogen and oxygen atoms in total. The fourth-order valence-electron chi connectivity index (χ4n) is 3.20. The Bertz CT molecular complexity index is 728. The van der Waals surface area contributed by atoms with Crippen LogP contribution in [-0.2, 0) is 0 Å². The van der Waals surface area contributed by atoms with Gasteiger partial charge in [-0.1, -0.05) is 38.1 Å². The molecular weight excluding hydrogens is 340 g/mol. The minimum Gasteiger partial charge on any atom is -0.491 e. The van der Waals surface area contributed by atoms with Gasteiger partial charge in [-0.25, -0.2) is 9.78 Å². The number of benzene rings is 1. The van der Waals surface area contributed by atoms with E-state index in [9.17, 15) is 4.79 Å². The van der Waals surface area contributed by atoms with Crippen LogP contribution < -0.4 is 15.0 Å². The molecule has 6 heteroatoms. The Morgan fingerprint density at radius 3 is 2.56 bits per heavy atom. The number of hydrogen-bond donors (Lipinski definition) is 1. The molecule has 2 aromatic rings. The summed E-state index contributed by atoms with van der Waals surface area (Å²) in [6.45, 7) is 8.22. The number of para-hydroxylation sites is 1. The Morgan fingerprint density at radius 1 is 1.11 bits per heavy atom. The largest absolute Gasteiger partial charge is 0.491 e. The lowest BCUT2D eigenvalue weighted by Gasteiger charge is -2.35. The van der Waals surface area contributed by atoms with Crippen LogP contribution in [0.1, 0.15) is 25.3 Å². The van der Waals surface area contributed by atoms with Crippen LogP contribution in [-0.4, -0.2) is 55.2 Å². The number of aromatic nitrogens is 1. The highest BCUT2D eigenvalue weighted by Crippen LogP contribution is 2.25. The van der Waals surface area contributed by atoms with Crippen LogP contribution in [0.5, 0.6) is 5.75 Å². The number of carbonyl (C=O) groups excluding carboxylic acids is 1. The van der Waals surface area contributed by atoms with Crippen molar-refractivity contribution >= 4 is 11.8 Å². The molecule has 1 aromatic heterocycles. The summed E-state index contributed by atoms with van der Waals surface area (Å²) in [6, 6.07) is 13.9. The van der Waals surface area contributed by atoms with Gasteiger partial charge >= 0.3 is 6.03 Å². The Balaban J connectivity index is 1.39. The molecule has 0 aliphatic carbocycles. The summed E-state index contributed by atoms with van der Waals surface area (Å²) < 4.78 is 5.86. The van der Waals surface area contributed by atoms with Gasteiger partial charge in [-0.05, 0) is 29.7 Å². The van der Waals surface area contributed by atoms with Gasteiger partial charge in [0.15, 0.2) is 0 Å². The van der Waals surface area contributed by atoms with Crippen LogP contribution in [0.15, 0.2) is 48.7 Å². The van der Waals surface area contributed by atoms with Gasteiger partial charge in [0.2, 0.25) is 0 Å². The maximum absolute atomic E-state index is 12.4. The van der Waals surface area contributed by atoms with Crippen molar-refractivity contribution in [2.75, 3.05) is 44.2 Å². The van der Waals surface area contributed by atoms with Crippen LogP contribution in [0, 0.1) is 0 Å². The summed E-state index contributed by atoms with van der Waals surface area (Å²) >= 11 is 0. The fraction of sp³-hybridized carbons (Fsp3) is 0.429. The third-order valence-electron chi connectivity index (χ3n) is 4.72. The Kier molecular flexibility index (Phi) is 6.52. The number of nitrogens with zero attached hydrogens (tertiary/aromatic N) is 3. The van der Waals surface area contributed by atoms with Gasteiger partial charge in [-0.2, -0.15) is 0 Å². The standard InChI is InChI=1S/C21H28N4O2/c1-17(2)18-7-3-4-8-19(18)27-16-11-23-21(26)25-14-12-24(13-15-25)20-9-5-6-10-22-20/h3-10,17H,11-16H2,1-2H3,(H,23,26). The van der Waals surface area contributed by atoms with Crippen LogP contribution in [0.25, 0.3) is 0 Å². The van der Waals surface area contributed by atoms with Crippen molar-refractivity contribution in [2.45, 2.75) is 19.8 Å². The number of amides is 2. The van der Waals surface area contributed by atoms with Crippen molar-refractivity contribution in [2.24, 2.45) is 0 Å². The van der Waals surface area contributed by atoms with Crippen LogP contribution in [0.3, 0.4) is 0 Å². The predicted octanol–water partition coefficient (Wildman–Crippen LogP) is 3.12. The predicted molar refractivity (Wildman–Crippen MR) is 107 cm³/mol. The Morgan fingerprint density at radius 2 is 1.85 bits per heavy atom. The molecule has 2 heterocycles. The zero-order valence-corrected chi connectivity index (χ0v) is 16.1. The molecule has 144 valence electrons. The average Bonchev–Trinajstić information content (AvgIpc) is 2.72. The highest BCUT2D eigenvalue weighted by atomic mass is 16.5. The Labute approximate surface area is 161 Å². The topological polar surface area (TPSA) is 57.7 Å². The van der Waals surface area contributed by atoms with Crippen molar-refractivity contribution in [1.29, 1.82) is 0 Å². The molecule has 0 spiro atoms. The van der Waals surface area contributed by atoms with E-state index in [1.807, 2.05) is 41.3 Å². The number of rotatable bonds is 6. The number of pyridine rings is 1. The summed E-state index contributed by atoms with van der Waals surface area (Å²) in [5, 5.41) is 2.95. The number of piperazine rings is 1. The second-order valence-electron chi connectivity index (χ2n) is 6.93. The number of nitrogens with one attached hydrogen (secondary N) is 1. The second-order valence-corrected chi connectivity index (χ2v) is 6.93. The molecule has 0 atom stereocenters. The lowest BCUT2D eigenvalue weighted by molar-refractivity contribution is 0.191. The zero-order chi connectivity index (χ0) is 19.1. The summed E-state index contributed by atoms with van der Waals surface area (Å²) in [5.74, 6) is 2.27. The monoisotopic (exact) mass is 368 g/mol. The van der Waals surface area contributed by atoms with E-state index in [0.717, 1.165) is 24.7 Å². The highest BCUT2D eigenvalue weighted by molar-refractivity contribution is 5.74. The van der Waals surface area contributed by atoms with Crippen LogP contribution in [0.4, 0.5) is 10.6 Å². The zero-order valence-electron chi connectivity index (χ0n) is 16.1. The smallest absolute Gasteiger partial charge is 0.317 e. The number of hydrogen-bond acceptors (Lipinski definition) is 4. The van der Waals surface area contributed by atoms with Crippen LogP contribution >= 0.6 is 0 Å². The quantitative estimate of drug-likeness (QED) is 0.796. The molecule has 1 saturated heterocycles. The van der Waals surface area contributed by atoms with E-state index < -0.39 is 0 Å². The molecule has 1 N–H and O–H groups in total. The molecule has 1 fully saturated rings. The van der Waals surface area contributed by atoms with Gasteiger partial charge in [-0.15, -0.1) is 0 Å². The van der Waals surface area contributed by atoms with Gasteiger partial charge < -0.3 is 19.9 Å². The van der Waals surface area contributed by atoms with E-state index >= 15 is 0 Å². The van der Waals surface area contributed by atoms with Crippen LogP contribution in [0.2, 0.25) is 0 Å². The van der Waals surface area contributed by atoms with Crippen molar-refractivity contribution in [1.82, 2.24) is 15.2 Å². The molecule has 2 amide bonds. The highest BCUT2D eigenvalue weighted by Gasteiger charge is 2.21. The first kappa shape index (κ1) is 19.0. The molecule has 0 saturated carbocycles. The maximum Gasteiger partial charge on any atom is 0.317 e. The molecule has 27 heavy (non-hydrogen) atoms. The molecule has 3 rings (SSSR count). The molecule has 0 radical (unpaired) electrons. The lowest BCUT2D eigenvalue weighted by atomic mass is 10.0. The minimum absolute atomic E-state index is 0.0311. The normalized spacial score (nSPS) is 14.3. The van der Waals surface area contributed by atoms with Gasteiger partial charge in [0.1, 0.15) is 18.2 Å². The number of ether oxygens (including phenoxy) is 1. The van der Waals surface area contributed by atoms with Crippen molar-refractivity contribution in [3.05, 3.63) is 54.2 Å². The second kappa shape index (κ2) is 9.26. The molecule has 1 aliphatic heterocycles. The van der Waals surface area contributed by atoms with E-state index in [1.54, 1.807) is 6.20 Å².